The highest BCUT2D eigenvalue weighted by Gasteiger charge is 2.16. The SMILES string of the molecule is Cc1ccc(C)c(C(C)NC(=O)c2cn3c(C)cccc3n2)c1. The van der Waals surface area contributed by atoms with Crippen LogP contribution >= 0.6 is 0 Å². The van der Waals surface area contributed by atoms with Crippen LogP contribution in [0, 0.1) is 20.8 Å². The average molecular weight is 307 g/mol. The van der Waals surface area contributed by atoms with Crippen LogP contribution < -0.4 is 5.32 Å². The number of hydrogen-bond acceptors (Lipinski definition) is 2. The number of imidazole rings is 1. The van der Waals surface area contributed by atoms with Crippen LogP contribution in [0.3, 0.4) is 0 Å². The van der Waals surface area contributed by atoms with E-state index in [9.17, 15) is 4.79 Å². The van der Waals surface area contributed by atoms with E-state index in [0.29, 0.717) is 5.69 Å². The summed E-state index contributed by atoms with van der Waals surface area (Å²) in [6.45, 7) is 8.11. The third kappa shape index (κ3) is 2.97. The van der Waals surface area contributed by atoms with Gasteiger partial charge in [-0.25, -0.2) is 4.98 Å². The topological polar surface area (TPSA) is 46.4 Å². The molecule has 3 aromatic rings. The van der Waals surface area contributed by atoms with Crippen LogP contribution in [0.2, 0.25) is 0 Å². The molecule has 0 fully saturated rings. The first-order valence-corrected chi connectivity index (χ1v) is 7.78. The predicted octanol–water partition coefficient (Wildman–Crippen LogP) is 3.75. The molecule has 3 rings (SSSR count). The van der Waals surface area contributed by atoms with Crippen LogP contribution in [-0.2, 0) is 0 Å². The van der Waals surface area contributed by atoms with Gasteiger partial charge in [-0.3, -0.25) is 4.79 Å². The standard InChI is InChI=1S/C19H21N3O/c1-12-8-9-13(2)16(10-12)15(4)20-19(23)17-11-22-14(3)6-5-7-18(22)21-17/h5-11,15H,1-4H3,(H,20,23). The molecule has 1 aromatic carbocycles. The van der Waals surface area contributed by atoms with E-state index in [1.807, 2.05) is 36.4 Å². The lowest BCUT2D eigenvalue weighted by Crippen LogP contribution is -2.27. The molecule has 0 radical (unpaired) electrons. The van der Waals surface area contributed by atoms with E-state index in [4.69, 9.17) is 0 Å². The smallest absolute Gasteiger partial charge is 0.271 e. The summed E-state index contributed by atoms with van der Waals surface area (Å²) in [7, 11) is 0. The molecule has 0 saturated heterocycles. The van der Waals surface area contributed by atoms with Gasteiger partial charge >= 0.3 is 0 Å². The van der Waals surface area contributed by atoms with Gasteiger partial charge in [-0.05, 0) is 51.0 Å². The summed E-state index contributed by atoms with van der Waals surface area (Å²) in [6.07, 6.45) is 1.79. The Bertz CT molecular complexity index is 879. The minimum atomic E-state index is -0.151. The highest BCUT2D eigenvalue weighted by atomic mass is 16.1. The maximum atomic E-state index is 12.5. The molecule has 4 heteroatoms. The van der Waals surface area contributed by atoms with Crippen LogP contribution in [0.15, 0.2) is 42.6 Å². The van der Waals surface area contributed by atoms with E-state index in [0.717, 1.165) is 16.9 Å². The molecule has 4 nitrogen and oxygen atoms in total. The zero-order valence-corrected chi connectivity index (χ0v) is 13.9. The minimum Gasteiger partial charge on any atom is -0.344 e. The van der Waals surface area contributed by atoms with Crippen molar-refractivity contribution in [3.63, 3.8) is 0 Å². The van der Waals surface area contributed by atoms with Crippen molar-refractivity contribution < 1.29 is 4.79 Å². The molecule has 1 unspecified atom stereocenters. The monoisotopic (exact) mass is 307 g/mol. The number of rotatable bonds is 3. The molecule has 0 spiro atoms. The van der Waals surface area contributed by atoms with Gasteiger partial charge in [0.25, 0.3) is 5.91 Å². The van der Waals surface area contributed by atoms with Gasteiger partial charge in [0.05, 0.1) is 6.04 Å². The van der Waals surface area contributed by atoms with E-state index in [1.165, 1.54) is 11.1 Å². The lowest BCUT2D eigenvalue weighted by Gasteiger charge is -2.16. The van der Waals surface area contributed by atoms with Crippen LogP contribution in [0.5, 0.6) is 0 Å². The second-order valence-corrected chi connectivity index (χ2v) is 6.08. The van der Waals surface area contributed by atoms with Gasteiger partial charge in [0.2, 0.25) is 0 Å². The Morgan fingerprint density at radius 2 is 1.96 bits per heavy atom. The van der Waals surface area contributed by atoms with E-state index < -0.39 is 0 Å². The number of amides is 1. The maximum absolute atomic E-state index is 12.5. The first-order chi connectivity index (χ1) is 11.0. The van der Waals surface area contributed by atoms with Crippen molar-refractivity contribution in [2.24, 2.45) is 0 Å². The van der Waals surface area contributed by atoms with Gasteiger partial charge in [-0.1, -0.05) is 29.8 Å². The van der Waals surface area contributed by atoms with Crippen molar-refractivity contribution in [2.75, 3.05) is 0 Å². The van der Waals surface area contributed by atoms with Gasteiger partial charge < -0.3 is 9.72 Å². The number of hydrogen-bond donors (Lipinski definition) is 1. The van der Waals surface area contributed by atoms with Crippen molar-refractivity contribution in [3.05, 3.63) is 70.7 Å². The molecule has 118 valence electrons. The second kappa shape index (κ2) is 5.88. The summed E-state index contributed by atoms with van der Waals surface area (Å²) < 4.78 is 1.93. The van der Waals surface area contributed by atoms with E-state index in [1.54, 1.807) is 6.20 Å². The Morgan fingerprint density at radius 1 is 1.17 bits per heavy atom. The number of benzene rings is 1. The molecule has 1 N–H and O–H groups in total. The predicted molar refractivity (Wildman–Crippen MR) is 91.7 cm³/mol. The fraction of sp³-hybridized carbons (Fsp3) is 0.263. The molecule has 1 amide bonds. The Labute approximate surface area is 136 Å². The number of pyridine rings is 1. The van der Waals surface area contributed by atoms with E-state index in [2.05, 4.69) is 42.3 Å². The summed E-state index contributed by atoms with van der Waals surface area (Å²) in [5.41, 5.74) is 5.78. The van der Waals surface area contributed by atoms with Crippen molar-refractivity contribution in [1.82, 2.24) is 14.7 Å². The molecular weight excluding hydrogens is 286 g/mol. The summed E-state index contributed by atoms with van der Waals surface area (Å²) in [4.78, 5) is 16.9. The summed E-state index contributed by atoms with van der Waals surface area (Å²) in [5, 5.41) is 3.05. The minimum absolute atomic E-state index is 0.0618. The Kier molecular flexibility index (Phi) is 3.90. The lowest BCUT2D eigenvalue weighted by molar-refractivity contribution is 0.0935. The Morgan fingerprint density at radius 3 is 2.70 bits per heavy atom. The molecular formula is C19H21N3O. The van der Waals surface area contributed by atoms with Gasteiger partial charge in [0, 0.05) is 11.9 Å². The summed E-state index contributed by atoms with van der Waals surface area (Å²) in [6, 6.07) is 12.1. The first-order valence-electron chi connectivity index (χ1n) is 7.78. The molecule has 0 bridgehead atoms. The van der Waals surface area contributed by atoms with E-state index in [-0.39, 0.29) is 11.9 Å². The molecule has 0 aliphatic heterocycles. The van der Waals surface area contributed by atoms with Crippen LogP contribution in [-0.4, -0.2) is 15.3 Å². The number of aryl methyl sites for hydroxylation is 3. The Balaban J connectivity index is 1.85. The summed E-state index contributed by atoms with van der Waals surface area (Å²) in [5.74, 6) is -0.151. The normalized spacial score (nSPS) is 12.3. The number of fused-ring (bicyclic) bond motifs is 1. The molecule has 23 heavy (non-hydrogen) atoms. The molecule has 2 heterocycles. The van der Waals surface area contributed by atoms with Crippen LogP contribution in [0.1, 0.15) is 45.8 Å². The van der Waals surface area contributed by atoms with Gasteiger partial charge in [-0.2, -0.15) is 0 Å². The number of carbonyl (C=O) groups is 1. The largest absolute Gasteiger partial charge is 0.344 e. The van der Waals surface area contributed by atoms with Gasteiger partial charge in [-0.15, -0.1) is 0 Å². The Hall–Kier alpha value is -2.62. The number of carbonyl (C=O) groups excluding carboxylic acids is 1. The van der Waals surface area contributed by atoms with Crippen LogP contribution in [0.4, 0.5) is 0 Å². The quantitative estimate of drug-likeness (QED) is 0.801. The highest BCUT2D eigenvalue weighted by Crippen LogP contribution is 2.19. The molecule has 2 aromatic heterocycles. The van der Waals surface area contributed by atoms with E-state index >= 15 is 0 Å². The fourth-order valence-electron chi connectivity index (χ4n) is 2.83. The zero-order chi connectivity index (χ0) is 16.6. The number of aromatic nitrogens is 2. The number of nitrogens with one attached hydrogen (secondary N) is 1. The third-order valence-corrected chi connectivity index (χ3v) is 4.18. The number of nitrogens with zero attached hydrogens (tertiary/aromatic N) is 2. The molecule has 1 atom stereocenters. The van der Waals surface area contributed by atoms with Gasteiger partial charge in [0.15, 0.2) is 0 Å². The molecule has 0 aliphatic rings. The highest BCUT2D eigenvalue weighted by molar-refractivity contribution is 5.93. The molecule has 0 saturated carbocycles. The van der Waals surface area contributed by atoms with Crippen LogP contribution in [0.25, 0.3) is 5.65 Å². The van der Waals surface area contributed by atoms with Crippen molar-refractivity contribution in [3.8, 4) is 0 Å². The molecule has 0 aliphatic carbocycles. The lowest BCUT2D eigenvalue weighted by atomic mass is 10.00. The maximum Gasteiger partial charge on any atom is 0.271 e. The van der Waals surface area contributed by atoms with Gasteiger partial charge in [0.1, 0.15) is 11.3 Å². The third-order valence-electron chi connectivity index (χ3n) is 4.18. The zero-order valence-electron chi connectivity index (χ0n) is 13.9. The first kappa shape index (κ1) is 15.3. The average Bonchev–Trinajstić information content (AvgIpc) is 2.95. The second-order valence-electron chi connectivity index (χ2n) is 6.08. The summed E-state index contributed by atoms with van der Waals surface area (Å²) >= 11 is 0. The van der Waals surface area contributed by atoms with Crippen molar-refractivity contribution >= 4 is 11.6 Å². The van der Waals surface area contributed by atoms with Crippen molar-refractivity contribution in [1.29, 1.82) is 0 Å². The van der Waals surface area contributed by atoms with Crippen molar-refractivity contribution in [2.45, 2.75) is 33.7 Å². The fourth-order valence-corrected chi connectivity index (χ4v) is 2.83.